The van der Waals surface area contributed by atoms with Gasteiger partial charge in [0.15, 0.2) is 0 Å². The first-order chi connectivity index (χ1) is 71.9. The molecule has 5 aromatic carbocycles. The first-order valence-corrected chi connectivity index (χ1v) is 60.7. The van der Waals surface area contributed by atoms with Gasteiger partial charge in [0.25, 0.3) is 0 Å². The van der Waals surface area contributed by atoms with E-state index in [2.05, 4.69) is 207 Å². The molecule has 15 aromatic rings. The number of benzene rings is 5. The van der Waals surface area contributed by atoms with E-state index in [0.29, 0.717) is 71.4 Å². The number of fused-ring (bicyclic) bond motifs is 5. The summed E-state index contributed by atoms with van der Waals surface area (Å²) in [6.45, 7) is 19.1. The third kappa shape index (κ3) is 27.4. The number of pyridine rings is 10. The summed E-state index contributed by atoms with van der Waals surface area (Å²) in [7, 11) is -15.6. The summed E-state index contributed by atoms with van der Waals surface area (Å²) in [5, 5.41) is 29.3. The van der Waals surface area contributed by atoms with Gasteiger partial charge in [0.05, 0.1) is 29.8 Å². The Labute approximate surface area is 877 Å². The fourth-order valence-corrected chi connectivity index (χ4v) is 25.3. The molecule has 6 fully saturated rings. The number of rotatable bonds is 28. The molecule has 0 amide bonds. The normalized spacial score (nSPS) is 16.6. The van der Waals surface area contributed by atoms with E-state index < -0.39 is 50.1 Å². The molecule has 0 spiro atoms. The Morgan fingerprint density at radius 1 is 0.248 bits per heavy atom. The molecule has 782 valence electrons. The van der Waals surface area contributed by atoms with Gasteiger partial charge in [-0.25, -0.2) is 63.6 Å². The van der Waals surface area contributed by atoms with Crippen molar-refractivity contribution in [2.24, 2.45) is 0 Å². The number of anilines is 5. The highest BCUT2D eigenvalue weighted by atomic mass is 32.2. The Kier molecular flexibility index (Phi) is 35.1. The Morgan fingerprint density at radius 2 is 0.503 bits per heavy atom. The van der Waals surface area contributed by atoms with Crippen LogP contribution in [0.5, 0.6) is 0 Å². The van der Waals surface area contributed by atoms with Gasteiger partial charge in [-0.3, -0.25) is 49.8 Å². The lowest BCUT2D eigenvalue weighted by molar-refractivity contribution is 0.330. The average molecular weight is 2110 g/mol. The molecule has 10 aromatic heterocycles. The van der Waals surface area contributed by atoms with Crippen molar-refractivity contribution in [2.45, 2.75) is 187 Å². The highest BCUT2D eigenvalue weighted by Crippen LogP contribution is 2.44. The van der Waals surface area contributed by atoms with Gasteiger partial charge < -0.3 is 26.6 Å². The van der Waals surface area contributed by atoms with E-state index in [1.54, 1.807) is 54.7 Å². The van der Waals surface area contributed by atoms with Crippen LogP contribution in [0.1, 0.15) is 160 Å². The minimum Gasteiger partial charge on any atom is -0.382 e. The lowest BCUT2D eigenvalue weighted by Crippen LogP contribution is -2.42. The van der Waals surface area contributed by atoms with Crippen molar-refractivity contribution in [3.63, 3.8) is 0 Å². The first-order valence-electron chi connectivity index (χ1n) is 52.2. The minimum absolute atomic E-state index is 0.161. The highest BCUT2D eigenvalue weighted by molar-refractivity contribution is 7.89. The van der Waals surface area contributed by atoms with Gasteiger partial charge in [-0.1, -0.05) is 39.8 Å². The third-order valence-corrected chi connectivity index (χ3v) is 37.6. The first kappa shape index (κ1) is 108. The Morgan fingerprint density at radius 3 is 0.738 bits per heavy atom. The number of hydrogen-bond acceptors (Lipinski definition) is 25. The zero-order valence-electron chi connectivity index (χ0n) is 86.4. The number of nitrogens with zero attached hydrogens (tertiary/aromatic N) is 15. The molecule has 0 bridgehead atoms. The second-order valence-corrected chi connectivity index (χ2v) is 50.1. The Hall–Kier alpha value is -12.6. The molecular weight excluding hydrogens is 1970 g/mol. The zero-order chi connectivity index (χ0) is 105. The number of piperidine rings is 5. The summed E-state index contributed by atoms with van der Waals surface area (Å²) in [5.74, 6) is 1.15. The average Bonchev–Trinajstić information content (AvgIpc) is 1.46. The number of aromatic nitrogens is 10. The summed E-state index contributed by atoms with van der Waals surface area (Å²) in [4.78, 5) is 43.9. The van der Waals surface area contributed by atoms with Crippen LogP contribution in [0.2, 0.25) is 0 Å². The summed E-state index contributed by atoms with van der Waals surface area (Å²) in [6.07, 6.45) is 50.6. The summed E-state index contributed by atoms with van der Waals surface area (Å²) < 4.78 is 128. The van der Waals surface area contributed by atoms with Gasteiger partial charge in [-0.05, 0) is 322 Å². The van der Waals surface area contributed by atoms with Crippen LogP contribution >= 0.6 is 0 Å². The fourth-order valence-electron chi connectivity index (χ4n) is 20.1. The molecule has 1 aliphatic carbocycles. The van der Waals surface area contributed by atoms with E-state index >= 15 is 0 Å². The molecular formula is C114H136N20O10S5. The number of aryl methyl sites for hydroxylation is 4. The van der Waals surface area contributed by atoms with E-state index in [1.807, 2.05) is 129 Å². The van der Waals surface area contributed by atoms with Gasteiger partial charge in [-0.2, -0.15) is 0 Å². The van der Waals surface area contributed by atoms with Gasteiger partial charge in [0, 0.05) is 302 Å². The molecule has 0 atom stereocenters. The monoisotopic (exact) mass is 2100 g/mol. The second-order valence-electron chi connectivity index (χ2n) is 39.4. The lowest BCUT2D eigenvalue weighted by Gasteiger charge is -2.32. The molecule has 5 saturated heterocycles. The van der Waals surface area contributed by atoms with Crippen LogP contribution in [-0.2, 0) is 75.8 Å². The smallest absolute Gasteiger partial charge is 0.213 e. The summed E-state index contributed by atoms with van der Waals surface area (Å²) in [5.41, 5.74) is 22.2. The van der Waals surface area contributed by atoms with Crippen LogP contribution in [0.4, 0.5) is 28.4 Å². The molecule has 30 nitrogen and oxygen atoms in total. The molecule has 35 heteroatoms. The number of sulfonamides is 5. The van der Waals surface area contributed by atoms with Crippen molar-refractivity contribution in [1.82, 2.24) is 71.4 Å². The molecule has 149 heavy (non-hydrogen) atoms. The molecule has 1 saturated carbocycles. The number of hydrogen-bond donors (Lipinski definition) is 5. The molecule has 6 aliphatic rings. The molecule has 0 unspecified atom stereocenters. The quantitative estimate of drug-likeness (QED) is 0.0304. The number of nitrogens with one attached hydrogen (secondary N) is 5. The Balaban J connectivity index is 0.000000127. The van der Waals surface area contributed by atoms with Crippen LogP contribution in [0.15, 0.2) is 245 Å². The van der Waals surface area contributed by atoms with E-state index in [-0.39, 0.29) is 47.5 Å². The molecule has 0 radical (unpaired) electrons. The van der Waals surface area contributed by atoms with Crippen molar-refractivity contribution in [3.8, 4) is 55.6 Å². The van der Waals surface area contributed by atoms with Gasteiger partial charge >= 0.3 is 0 Å². The maximum absolute atomic E-state index is 12.2. The van der Waals surface area contributed by atoms with Crippen molar-refractivity contribution in [2.75, 3.05) is 122 Å². The van der Waals surface area contributed by atoms with Crippen molar-refractivity contribution in [3.05, 3.63) is 273 Å². The van der Waals surface area contributed by atoms with E-state index in [1.165, 1.54) is 42.0 Å². The summed E-state index contributed by atoms with van der Waals surface area (Å²) >= 11 is 0. The Bertz CT molecular complexity index is 7820. The van der Waals surface area contributed by atoms with E-state index in [9.17, 15) is 42.1 Å². The topological polar surface area (TPSA) is 376 Å². The maximum atomic E-state index is 12.2. The van der Waals surface area contributed by atoms with Gasteiger partial charge in [0.2, 0.25) is 50.1 Å². The summed E-state index contributed by atoms with van der Waals surface area (Å²) in [6, 6.07) is 48.0. The molecule has 5 N–H and O–H groups in total. The van der Waals surface area contributed by atoms with Crippen LogP contribution in [0, 0.1) is 0 Å². The minimum atomic E-state index is -3.12. The van der Waals surface area contributed by atoms with E-state index in [0.717, 1.165) is 239 Å². The zero-order valence-corrected chi connectivity index (χ0v) is 90.5. The van der Waals surface area contributed by atoms with Crippen molar-refractivity contribution >= 4 is 132 Å². The van der Waals surface area contributed by atoms with Gasteiger partial charge in [-0.15, -0.1) is 0 Å². The van der Waals surface area contributed by atoms with Crippen LogP contribution in [0.25, 0.3) is 109 Å². The maximum Gasteiger partial charge on any atom is 0.213 e. The van der Waals surface area contributed by atoms with Crippen LogP contribution in [0.3, 0.4) is 0 Å². The van der Waals surface area contributed by atoms with Crippen molar-refractivity contribution < 1.29 is 42.1 Å². The van der Waals surface area contributed by atoms with E-state index in [4.69, 9.17) is 0 Å². The van der Waals surface area contributed by atoms with Crippen molar-refractivity contribution in [1.29, 1.82) is 0 Å². The molecule has 21 rings (SSSR count). The third-order valence-electron chi connectivity index (χ3n) is 29.3. The fraction of sp³-hybridized carbons (Fsp3) is 0.386. The molecule has 15 heterocycles. The lowest BCUT2D eigenvalue weighted by atomic mass is 9.99. The largest absolute Gasteiger partial charge is 0.382 e. The molecule has 5 aliphatic heterocycles. The predicted octanol–water partition coefficient (Wildman–Crippen LogP) is 20.0. The predicted molar refractivity (Wildman–Crippen MR) is 604 cm³/mol. The SMILES string of the molecule is CCS(=O)(=O)N1CCC(Nc2cc(-c3cncc(C4CC4)c3)cc3ccncc23)CC1.CCc1ccc(-c2cc(NC3CCN(S(=O)(=O)CC)CC3)c3cnccc3c2)cn1.CCc1ccc(-c2cc(NC3CCN(S(C)(=O)=O)CC3)c3cnccc3c2)cn1.CCc1cncc(-c2cc(NC3CCN(S(=O)(=O)CC)CC3)c3cnccc3c2)c1.CCc1cncc(-c2cc(NC3CCN(S(C)(=O)=O)CC3)c3cnccc3c2)c1. The second kappa shape index (κ2) is 48.6. The van der Waals surface area contributed by atoms with Crippen LogP contribution < -0.4 is 26.6 Å². The van der Waals surface area contributed by atoms with Crippen LogP contribution in [-0.4, -0.2) is 239 Å². The standard InChI is InChI=1S/C24H28N4O2S.2C23H28N4O2S.2C22H26N4O2S/c1-2-31(29,30)28-9-6-22(7-10-28)27-24-13-19(11-18-5-8-25-16-23(18)24)21-12-20(14-26-15-21)17-3-4-17;1-3-17-11-20(15-25-14-17)19-12-18-5-8-24-16-22(18)23(13-19)26-21-6-9-27(10-7-21)30(28,29)4-2;1-3-20-6-5-18(15-25-20)19-13-17-7-10-24-16-22(17)23(14-19)26-21-8-11-27(12-9-21)30(28,29)4-2;1-3-16-10-19(14-24-13-16)18-11-17-4-7-23-15-21(17)22(12-18)25-20-5-8-26(9-6-20)29(2,27)28;1-3-19-5-4-17(14-24-19)18-12-16-6-9-23-15-21(16)22(13-18)25-20-7-10-26(11-8-20)29(2,27)28/h5,8,11-17,22,27H,2-4,6-7,9-10H2,1H3;5,8,11-16,21,26H,3-4,6-7,9-10H2,1-2H3;5-7,10,13-16,21,26H,3-4,8-9,11-12H2,1-2H3;4,7,10-15,20,25H,3,5-6,8-9H2,1-2H3;4-6,9,12-15,20,25H,3,7-8,10-11H2,1-2H3. The van der Waals surface area contributed by atoms with Gasteiger partial charge in [0.1, 0.15) is 0 Å². The highest BCUT2D eigenvalue weighted by Gasteiger charge is 2.34.